The van der Waals surface area contributed by atoms with Gasteiger partial charge in [-0.1, -0.05) is 182 Å². The second kappa shape index (κ2) is 13.4. The Morgan fingerprint density at radius 3 is 1.70 bits per heavy atom. The van der Waals surface area contributed by atoms with Crippen LogP contribution in [-0.4, -0.2) is 0 Å². The van der Waals surface area contributed by atoms with Gasteiger partial charge >= 0.3 is 0 Å². The van der Waals surface area contributed by atoms with Gasteiger partial charge < -0.3 is 9.32 Å². The van der Waals surface area contributed by atoms with Crippen molar-refractivity contribution in [3.63, 3.8) is 0 Å². The number of rotatable bonds is 7. The van der Waals surface area contributed by atoms with Gasteiger partial charge in [0.1, 0.15) is 11.2 Å². The Morgan fingerprint density at radius 1 is 0.333 bits per heavy atom. The Hall–Kier alpha value is -7.16. The maximum Gasteiger partial charge on any atom is 0.143 e. The normalized spacial score (nSPS) is 11.3. The number of para-hydroxylation sites is 2. The Labute approximate surface area is 314 Å². The molecule has 10 aromatic rings. The van der Waals surface area contributed by atoms with Crippen LogP contribution in [-0.2, 0) is 0 Å². The van der Waals surface area contributed by atoms with Gasteiger partial charge in [0.25, 0.3) is 0 Å². The summed E-state index contributed by atoms with van der Waals surface area (Å²) in [6.45, 7) is 0. The van der Waals surface area contributed by atoms with Gasteiger partial charge in [-0.05, 0) is 69.1 Å². The molecular weight excluding hydrogens is 655 g/mol. The van der Waals surface area contributed by atoms with Crippen LogP contribution in [0.3, 0.4) is 0 Å². The van der Waals surface area contributed by atoms with E-state index in [0.717, 1.165) is 50.1 Å². The first-order valence-corrected chi connectivity index (χ1v) is 18.4. The maximum atomic E-state index is 6.55. The molecule has 0 unspecified atom stereocenters. The highest BCUT2D eigenvalue weighted by Gasteiger charge is 2.24. The molecule has 0 aliphatic carbocycles. The smallest absolute Gasteiger partial charge is 0.143 e. The zero-order valence-corrected chi connectivity index (χ0v) is 29.6. The molecule has 0 radical (unpaired) electrons. The van der Waals surface area contributed by atoms with Crippen LogP contribution < -0.4 is 4.90 Å². The van der Waals surface area contributed by atoms with Crippen LogP contribution in [0, 0.1) is 0 Å². The predicted molar refractivity (Wildman–Crippen MR) is 228 cm³/mol. The summed E-state index contributed by atoms with van der Waals surface area (Å²) in [6.07, 6.45) is 0. The zero-order chi connectivity index (χ0) is 35.8. The first kappa shape index (κ1) is 31.6. The van der Waals surface area contributed by atoms with Crippen molar-refractivity contribution in [2.75, 3.05) is 4.90 Å². The Kier molecular flexibility index (Phi) is 7.85. The highest BCUT2D eigenvalue weighted by Crippen LogP contribution is 2.49. The molecule has 0 bridgehead atoms. The van der Waals surface area contributed by atoms with Crippen LogP contribution >= 0.6 is 0 Å². The molecule has 0 fully saturated rings. The van der Waals surface area contributed by atoms with E-state index < -0.39 is 0 Å². The molecule has 0 amide bonds. The minimum Gasteiger partial charge on any atom is -0.455 e. The lowest BCUT2D eigenvalue weighted by atomic mass is 9.87. The van der Waals surface area contributed by atoms with Gasteiger partial charge in [0.05, 0.1) is 11.4 Å². The van der Waals surface area contributed by atoms with Crippen molar-refractivity contribution in [2.24, 2.45) is 0 Å². The summed E-state index contributed by atoms with van der Waals surface area (Å²) in [7, 11) is 0. The van der Waals surface area contributed by atoms with E-state index in [2.05, 4.69) is 205 Å². The number of anilines is 3. The molecule has 9 aromatic carbocycles. The number of fused-ring (bicyclic) bond motifs is 4. The molecule has 0 spiro atoms. The number of furan rings is 1. The van der Waals surface area contributed by atoms with Gasteiger partial charge in [0.2, 0.25) is 0 Å². The van der Waals surface area contributed by atoms with E-state index in [1.807, 2.05) is 12.1 Å². The van der Waals surface area contributed by atoms with E-state index in [0.29, 0.717) is 0 Å². The summed E-state index contributed by atoms with van der Waals surface area (Å²) in [4.78, 5) is 2.45. The lowest BCUT2D eigenvalue weighted by molar-refractivity contribution is 0.670. The van der Waals surface area contributed by atoms with Gasteiger partial charge in [-0.2, -0.15) is 0 Å². The molecule has 1 heterocycles. The number of benzene rings is 9. The average Bonchev–Trinajstić information content (AvgIpc) is 3.64. The Bertz CT molecular complexity index is 2940. The molecular formula is C52H35NO. The van der Waals surface area contributed by atoms with Crippen molar-refractivity contribution < 1.29 is 4.42 Å². The third-order valence-corrected chi connectivity index (χ3v) is 10.5. The summed E-state index contributed by atoms with van der Waals surface area (Å²) in [6, 6.07) is 76.0. The third kappa shape index (κ3) is 5.44. The maximum absolute atomic E-state index is 6.55. The molecule has 54 heavy (non-hydrogen) atoms. The summed E-state index contributed by atoms with van der Waals surface area (Å²) >= 11 is 0. The van der Waals surface area contributed by atoms with Crippen molar-refractivity contribution in [1.29, 1.82) is 0 Å². The van der Waals surface area contributed by atoms with Gasteiger partial charge in [-0.3, -0.25) is 0 Å². The summed E-state index contributed by atoms with van der Waals surface area (Å²) in [5.41, 5.74) is 14.3. The molecule has 10 rings (SSSR count). The lowest BCUT2D eigenvalue weighted by Crippen LogP contribution is -2.12. The van der Waals surface area contributed by atoms with Crippen molar-refractivity contribution >= 4 is 49.8 Å². The van der Waals surface area contributed by atoms with Gasteiger partial charge in [0.15, 0.2) is 0 Å². The minimum atomic E-state index is 0.896. The van der Waals surface area contributed by atoms with Gasteiger partial charge in [-0.15, -0.1) is 0 Å². The van der Waals surface area contributed by atoms with E-state index in [1.54, 1.807) is 0 Å². The molecule has 0 aliphatic heterocycles. The predicted octanol–water partition coefficient (Wildman–Crippen LogP) is 14.9. The minimum absolute atomic E-state index is 0.896. The van der Waals surface area contributed by atoms with Gasteiger partial charge in [0, 0.05) is 33.0 Å². The highest BCUT2D eigenvalue weighted by atomic mass is 16.3. The second-order valence-electron chi connectivity index (χ2n) is 13.6. The van der Waals surface area contributed by atoms with Crippen molar-refractivity contribution in [2.45, 2.75) is 0 Å². The molecule has 0 saturated carbocycles. The molecule has 0 N–H and O–H groups in total. The standard InChI is InChI=1S/C52H35NO/c1-3-17-36(18-4-1)41-25-9-10-28-46(41)51-43(38-19-5-2-6-20-38)29-16-33-49(51)53(48-32-14-22-37-21-7-8-26-42(37)48)40-24-13-23-39(35-40)44-30-15-31-47-45-27-11-12-34-50(45)54-52(44)47/h1-35H. The fourth-order valence-corrected chi connectivity index (χ4v) is 8.04. The average molecular weight is 690 g/mol. The molecule has 1 aromatic heterocycles. The fraction of sp³-hybridized carbons (Fsp3) is 0. The fourth-order valence-electron chi connectivity index (χ4n) is 8.04. The largest absolute Gasteiger partial charge is 0.455 e. The zero-order valence-electron chi connectivity index (χ0n) is 29.6. The van der Waals surface area contributed by atoms with Gasteiger partial charge in [-0.25, -0.2) is 0 Å². The van der Waals surface area contributed by atoms with Crippen LogP contribution in [0.25, 0.3) is 77.2 Å². The van der Waals surface area contributed by atoms with Crippen LogP contribution in [0.15, 0.2) is 217 Å². The first-order chi connectivity index (χ1) is 26.8. The van der Waals surface area contributed by atoms with E-state index >= 15 is 0 Å². The van der Waals surface area contributed by atoms with Crippen LogP contribution in [0.2, 0.25) is 0 Å². The Morgan fingerprint density at radius 2 is 0.870 bits per heavy atom. The topological polar surface area (TPSA) is 16.4 Å². The third-order valence-electron chi connectivity index (χ3n) is 10.5. The van der Waals surface area contributed by atoms with Crippen LogP contribution in [0.1, 0.15) is 0 Å². The monoisotopic (exact) mass is 689 g/mol. The number of nitrogens with zero attached hydrogens (tertiary/aromatic N) is 1. The summed E-state index contributed by atoms with van der Waals surface area (Å²) < 4.78 is 6.55. The van der Waals surface area contributed by atoms with E-state index in [9.17, 15) is 0 Å². The number of hydrogen-bond acceptors (Lipinski definition) is 2. The summed E-state index contributed by atoms with van der Waals surface area (Å²) in [5.74, 6) is 0. The van der Waals surface area contributed by atoms with Crippen molar-refractivity contribution in [3.05, 3.63) is 212 Å². The summed E-state index contributed by atoms with van der Waals surface area (Å²) in [5, 5.41) is 4.61. The molecule has 254 valence electrons. The molecule has 0 aliphatic rings. The molecule has 0 atom stereocenters. The van der Waals surface area contributed by atoms with E-state index in [1.165, 1.54) is 44.2 Å². The van der Waals surface area contributed by atoms with Crippen molar-refractivity contribution in [1.82, 2.24) is 0 Å². The second-order valence-corrected chi connectivity index (χ2v) is 13.6. The van der Waals surface area contributed by atoms with Crippen molar-refractivity contribution in [3.8, 4) is 44.5 Å². The number of hydrogen-bond donors (Lipinski definition) is 0. The van der Waals surface area contributed by atoms with Crippen LogP contribution in [0.5, 0.6) is 0 Å². The quantitative estimate of drug-likeness (QED) is 0.166. The Balaban J connectivity index is 1.27. The van der Waals surface area contributed by atoms with E-state index in [4.69, 9.17) is 4.42 Å². The van der Waals surface area contributed by atoms with E-state index in [-0.39, 0.29) is 0 Å². The molecule has 2 heteroatoms. The first-order valence-electron chi connectivity index (χ1n) is 18.4. The van der Waals surface area contributed by atoms with Crippen LogP contribution in [0.4, 0.5) is 17.1 Å². The molecule has 2 nitrogen and oxygen atoms in total. The highest BCUT2D eigenvalue weighted by molar-refractivity contribution is 6.10. The SMILES string of the molecule is c1ccc(-c2ccccc2-c2c(-c3ccccc3)cccc2N(c2cccc(-c3cccc4c3oc3ccccc34)c2)c2cccc3ccccc23)cc1. The lowest BCUT2D eigenvalue weighted by Gasteiger charge is -2.31. The molecule has 0 saturated heterocycles.